The van der Waals surface area contributed by atoms with E-state index in [9.17, 15) is 51.1 Å². The van der Waals surface area contributed by atoms with Crippen molar-refractivity contribution in [3.05, 3.63) is 59.7 Å². The number of halogens is 8. The van der Waals surface area contributed by atoms with E-state index in [4.69, 9.17) is 28.1 Å². The first kappa shape index (κ1) is 30.2. The fourth-order valence-electron chi connectivity index (χ4n) is 2.19. The van der Waals surface area contributed by atoms with E-state index >= 15 is 0 Å². The molecule has 0 aliphatic rings. The second-order valence-electron chi connectivity index (χ2n) is 5.83. The molecule has 0 aliphatic heterocycles. The van der Waals surface area contributed by atoms with Gasteiger partial charge in [-0.05, 0) is 13.0 Å². The lowest BCUT2D eigenvalue weighted by Crippen LogP contribution is -2.12. The smallest absolute Gasteiger partial charge is 0.328 e. The largest absolute Gasteiger partial charge is 0.694 e. The van der Waals surface area contributed by atoms with Crippen LogP contribution in [-0.4, -0.2) is 26.3 Å². The van der Waals surface area contributed by atoms with Crippen molar-refractivity contribution in [1.29, 1.82) is 0 Å². The third-order valence-electron chi connectivity index (χ3n) is 3.55. The maximum absolute atomic E-state index is 13.0. The number of pyridine rings is 1. The van der Waals surface area contributed by atoms with Crippen LogP contribution in [0.3, 0.4) is 0 Å². The molecule has 1 aromatic heterocycles. The van der Waals surface area contributed by atoms with E-state index in [1.54, 1.807) is 6.92 Å². The summed E-state index contributed by atoms with van der Waals surface area (Å²) in [6, 6.07) is 0.301. The van der Waals surface area contributed by atoms with Gasteiger partial charge >= 0.3 is 32.0 Å². The van der Waals surface area contributed by atoms with Crippen LogP contribution in [0.25, 0.3) is 0 Å². The van der Waals surface area contributed by atoms with Gasteiger partial charge in [-0.25, -0.2) is 4.98 Å². The van der Waals surface area contributed by atoms with Crippen molar-refractivity contribution in [3.63, 3.8) is 0 Å². The van der Waals surface area contributed by atoms with Gasteiger partial charge in [0, 0.05) is 16.8 Å². The summed E-state index contributed by atoms with van der Waals surface area (Å²) in [5, 5.41) is 22.1. The van der Waals surface area contributed by atoms with Crippen molar-refractivity contribution in [2.75, 3.05) is 11.9 Å². The predicted molar refractivity (Wildman–Crippen MR) is 109 cm³/mol. The Kier molecular flexibility index (Phi) is 10.1. The minimum absolute atomic E-state index is 0.0599. The molecule has 2 rings (SSSR count). The van der Waals surface area contributed by atoms with E-state index in [0.29, 0.717) is 12.7 Å². The molecule has 0 aliphatic carbocycles. The van der Waals surface area contributed by atoms with E-state index in [2.05, 4.69) is 9.51 Å². The van der Waals surface area contributed by atoms with E-state index in [-0.39, 0.29) is 12.3 Å². The zero-order chi connectivity index (χ0) is 27.3. The zero-order valence-corrected chi connectivity index (χ0v) is 19.1. The average Bonchev–Trinajstić information content (AvgIpc) is 2.67. The third-order valence-corrected chi connectivity index (χ3v) is 4.70. The number of hydrogen-bond acceptors (Lipinski definition) is 8. The van der Waals surface area contributed by atoms with Crippen molar-refractivity contribution in [2.24, 2.45) is 0 Å². The fraction of sp³-hybridized carbons (Fsp3) is 0.267. The molecule has 11 nitrogen and oxygen atoms in total. The molecule has 192 valence electrons. The van der Waals surface area contributed by atoms with Crippen LogP contribution in [0.15, 0.2) is 18.3 Å². The molecule has 0 saturated carbocycles. The minimum atomic E-state index is -5.27. The molecule has 0 spiro atoms. The molecule has 35 heavy (non-hydrogen) atoms. The van der Waals surface area contributed by atoms with Crippen molar-refractivity contribution in [1.82, 2.24) is 4.98 Å². The van der Waals surface area contributed by atoms with Gasteiger partial charge in [-0.2, -0.15) is 26.3 Å². The number of aromatic nitrogens is 1. The molecule has 1 heterocycles. The molecule has 20 heteroatoms. The lowest BCUT2D eigenvalue weighted by atomic mass is 10.1. The maximum Gasteiger partial charge on any atom is 0.694 e. The van der Waals surface area contributed by atoms with Crippen LogP contribution in [0.5, 0.6) is 0 Å². The maximum atomic E-state index is 13.0. The van der Waals surface area contributed by atoms with Gasteiger partial charge in [0.15, 0.2) is 5.69 Å². The zero-order valence-electron chi connectivity index (χ0n) is 16.6. The van der Waals surface area contributed by atoms with E-state index in [1.807, 2.05) is 5.32 Å². The number of nitro groups is 2. The lowest BCUT2D eigenvalue weighted by molar-refractivity contribution is -0.392. The highest BCUT2D eigenvalue weighted by molar-refractivity contribution is 7.32. The highest BCUT2D eigenvalue weighted by Crippen LogP contribution is 2.48. The number of benzene rings is 1. The second kappa shape index (κ2) is 11.7. The van der Waals surface area contributed by atoms with Crippen LogP contribution < -0.4 is 5.32 Å². The highest BCUT2D eigenvalue weighted by Gasteiger charge is 2.42. The Morgan fingerprint density at radius 2 is 1.69 bits per heavy atom. The Balaban J connectivity index is 0.000000905. The normalized spacial score (nSPS) is 11.9. The summed E-state index contributed by atoms with van der Waals surface area (Å²) < 4.78 is 90.7. The van der Waals surface area contributed by atoms with Crippen LogP contribution in [0, 0.1) is 20.2 Å². The molecule has 0 bridgehead atoms. The average molecular weight is 574 g/mol. The van der Waals surface area contributed by atoms with Crippen LogP contribution in [0.2, 0.25) is 10.0 Å². The Labute approximate surface area is 200 Å². The SMILES string of the molecule is CCO[P+](=O)O.O=[N+]([O-])c1cc(C(F)(F)F)c(Cl)c([N+](=O)[O-])c1Nc1ncc(C(F)(F)F)cc1Cl. The van der Waals surface area contributed by atoms with Gasteiger partial charge in [-0.1, -0.05) is 23.2 Å². The first-order chi connectivity index (χ1) is 15.9. The molecule has 1 unspecified atom stereocenters. The number of nitrogens with one attached hydrogen (secondary N) is 1. The summed E-state index contributed by atoms with van der Waals surface area (Å²) in [6.07, 6.45) is -9.85. The highest BCUT2D eigenvalue weighted by atomic mass is 35.5. The first-order valence-corrected chi connectivity index (χ1v) is 10.3. The van der Waals surface area contributed by atoms with E-state index < -0.39 is 74.5 Å². The van der Waals surface area contributed by atoms with Gasteiger partial charge in [-0.15, -0.1) is 9.42 Å². The molecule has 1 aromatic carbocycles. The van der Waals surface area contributed by atoms with Crippen molar-refractivity contribution in [3.8, 4) is 0 Å². The molecule has 2 N–H and O–H groups in total. The van der Waals surface area contributed by atoms with Gasteiger partial charge in [0.1, 0.15) is 17.4 Å². The number of nitrogens with zero attached hydrogens (tertiary/aromatic N) is 3. The summed E-state index contributed by atoms with van der Waals surface area (Å²) in [5.41, 5.74) is -7.26. The number of rotatable bonds is 6. The molecule has 0 amide bonds. The van der Waals surface area contributed by atoms with Gasteiger partial charge in [0.2, 0.25) is 0 Å². The molecule has 1 atom stereocenters. The van der Waals surface area contributed by atoms with Crippen LogP contribution >= 0.6 is 31.5 Å². The number of alkyl halides is 6. The van der Waals surface area contributed by atoms with Gasteiger partial charge in [0.25, 0.3) is 0 Å². The predicted octanol–water partition coefficient (Wildman–Crippen LogP) is 6.66. The number of anilines is 2. The Hall–Kier alpha value is -2.85. The molecule has 2 aromatic rings. The summed E-state index contributed by atoms with van der Waals surface area (Å²) in [5.74, 6) is -0.721. The minimum Gasteiger partial charge on any atom is -0.328 e. The molecule has 0 saturated heterocycles. The second-order valence-corrected chi connectivity index (χ2v) is 7.34. The van der Waals surface area contributed by atoms with Gasteiger partial charge < -0.3 is 5.32 Å². The topological polar surface area (TPSA) is 158 Å². The lowest BCUT2D eigenvalue weighted by Gasteiger charge is -2.14. The standard InChI is InChI=1S/C13H4Cl2F6N4O4.C2H5O3P/c14-6-1-4(12(16,17)18)3-22-11(6)23-9-7(24(26)27)2-5(13(19,20)21)8(15)10(9)25(28)29;1-2-5-6(3)4/h1-3H,(H,22,23);2H2,1H3/p+1. The Morgan fingerprint density at radius 1 is 1.11 bits per heavy atom. The van der Waals surface area contributed by atoms with Gasteiger partial charge in [-0.3, -0.25) is 20.2 Å². The van der Waals surface area contributed by atoms with Gasteiger partial charge in [0.05, 0.1) is 26.0 Å². The van der Waals surface area contributed by atoms with Crippen molar-refractivity contribution >= 4 is 54.3 Å². The summed E-state index contributed by atoms with van der Waals surface area (Å²) in [6.45, 7) is 1.95. The Bertz CT molecular complexity index is 1150. The molecule has 0 radical (unpaired) electrons. The monoisotopic (exact) mass is 573 g/mol. The van der Waals surface area contributed by atoms with Crippen molar-refractivity contribution < 1.29 is 50.2 Å². The number of nitro benzene ring substituents is 2. The molecule has 0 fully saturated rings. The third kappa shape index (κ3) is 8.10. The number of hydrogen-bond donors (Lipinski definition) is 2. The van der Waals surface area contributed by atoms with Crippen LogP contribution in [0.1, 0.15) is 18.1 Å². The van der Waals surface area contributed by atoms with Crippen LogP contribution in [-0.2, 0) is 21.4 Å². The quantitative estimate of drug-likeness (QED) is 0.167. The van der Waals surface area contributed by atoms with E-state index in [0.717, 1.165) is 0 Å². The van der Waals surface area contributed by atoms with Crippen LogP contribution in [0.4, 0.5) is 49.2 Å². The Morgan fingerprint density at radius 3 is 2.03 bits per heavy atom. The summed E-state index contributed by atoms with van der Waals surface area (Å²) >= 11 is 11.1. The van der Waals surface area contributed by atoms with Crippen molar-refractivity contribution in [2.45, 2.75) is 19.3 Å². The fourth-order valence-corrected chi connectivity index (χ4v) is 2.95. The molecular weight excluding hydrogens is 564 g/mol. The molecular formula is C15H10Cl2F6N4O7P+. The summed E-state index contributed by atoms with van der Waals surface area (Å²) in [7, 11) is -2.35. The first-order valence-electron chi connectivity index (χ1n) is 8.43. The summed E-state index contributed by atoms with van der Waals surface area (Å²) in [4.78, 5) is 30.7. The van der Waals surface area contributed by atoms with E-state index in [1.165, 1.54) is 0 Å².